The maximum absolute atomic E-state index is 10.8. The molecule has 2 aromatic carbocycles. The first-order chi connectivity index (χ1) is 11.8. The smallest absolute Gasteiger partial charge is 0.122 e. The van der Waals surface area contributed by atoms with E-state index in [2.05, 4.69) is 32.9 Å². The molecule has 4 heteroatoms. The number of carbonyl (C=O) groups excluding carboxylic acids is 1. The first-order valence-corrected chi connectivity index (χ1v) is 8.44. The number of ether oxygens (including phenoxy) is 2. The minimum absolute atomic E-state index is 0.127. The summed E-state index contributed by atoms with van der Waals surface area (Å²) in [6.07, 6.45) is 0. The van der Waals surface area contributed by atoms with Crippen molar-refractivity contribution in [2.24, 2.45) is 0 Å². The molecular weight excluding hydrogens is 316 g/mol. The van der Waals surface area contributed by atoms with Crippen molar-refractivity contribution in [3.63, 3.8) is 0 Å². The normalized spacial score (nSPS) is 12.5. The van der Waals surface area contributed by atoms with Crippen LogP contribution in [-0.2, 0) is 10.2 Å². The van der Waals surface area contributed by atoms with Gasteiger partial charge in [0.05, 0.1) is 0 Å². The highest BCUT2D eigenvalue weighted by molar-refractivity contribution is 5.73. The third-order valence-electron chi connectivity index (χ3n) is 4.07. The van der Waals surface area contributed by atoms with Crippen LogP contribution in [0.25, 0.3) is 0 Å². The monoisotopic (exact) mass is 341 g/mol. The zero-order chi connectivity index (χ0) is 18.4. The molecule has 0 amide bonds. The molecule has 0 aliphatic heterocycles. The molecular formula is C21H25O4-. The summed E-state index contributed by atoms with van der Waals surface area (Å²) in [5.74, 6) is -0.219. The Morgan fingerprint density at radius 3 is 1.76 bits per heavy atom. The summed E-state index contributed by atoms with van der Waals surface area (Å²) in [7, 11) is 0. The van der Waals surface area contributed by atoms with Gasteiger partial charge in [-0.05, 0) is 40.8 Å². The first kappa shape index (κ1) is 18.8. The molecule has 0 spiro atoms. The average molecular weight is 341 g/mol. The SMILES string of the molecule is CC(C(=O)[O-])c1ccc(OCCOc2ccc(C(C)(C)C)cc2)cc1. The van der Waals surface area contributed by atoms with Crippen molar-refractivity contribution >= 4 is 5.97 Å². The van der Waals surface area contributed by atoms with Crippen molar-refractivity contribution in [2.45, 2.75) is 39.0 Å². The fourth-order valence-corrected chi connectivity index (χ4v) is 2.36. The maximum Gasteiger partial charge on any atom is 0.122 e. The van der Waals surface area contributed by atoms with Gasteiger partial charge in [-0.3, -0.25) is 0 Å². The van der Waals surface area contributed by atoms with Crippen molar-refractivity contribution in [3.8, 4) is 11.5 Å². The van der Waals surface area contributed by atoms with Crippen molar-refractivity contribution in [2.75, 3.05) is 13.2 Å². The number of rotatable bonds is 7. The van der Waals surface area contributed by atoms with Gasteiger partial charge in [0.15, 0.2) is 0 Å². The van der Waals surface area contributed by atoms with E-state index < -0.39 is 11.9 Å². The van der Waals surface area contributed by atoms with Gasteiger partial charge < -0.3 is 19.4 Å². The van der Waals surface area contributed by atoms with E-state index in [-0.39, 0.29) is 5.41 Å². The average Bonchev–Trinajstić information content (AvgIpc) is 2.58. The number of hydrogen-bond acceptors (Lipinski definition) is 4. The van der Waals surface area contributed by atoms with Gasteiger partial charge in [0.2, 0.25) is 0 Å². The second kappa shape index (κ2) is 8.06. The lowest BCUT2D eigenvalue weighted by Crippen LogP contribution is -2.27. The molecule has 0 bridgehead atoms. The van der Waals surface area contributed by atoms with Gasteiger partial charge in [0, 0.05) is 11.9 Å². The van der Waals surface area contributed by atoms with Crippen molar-refractivity contribution in [3.05, 3.63) is 59.7 Å². The summed E-state index contributed by atoms with van der Waals surface area (Å²) in [5, 5.41) is 10.8. The second-order valence-corrected chi connectivity index (χ2v) is 7.08. The molecule has 4 nitrogen and oxygen atoms in total. The Morgan fingerprint density at radius 1 is 0.920 bits per heavy atom. The van der Waals surface area contributed by atoms with Crippen LogP contribution in [0.3, 0.4) is 0 Å². The van der Waals surface area contributed by atoms with Crippen LogP contribution in [0.5, 0.6) is 11.5 Å². The van der Waals surface area contributed by atoms with E-state index in [0.717, 1.165) is 5.75 Å². The van der Waals surface area contributed by atoms with Gasteiger partial charge >= 0.3 is 0 Å². The lowest BCUT2D eigenvalue weighted by Gasteiger charge is -2.19. The molecule has 1 atom stereocenters. The molecule has 134 valence electrons. The summed E-state index contributed by atoms with van der Waals surface area (Å²) >= 11 is 0. The van der Waals surface area contributed by atoms with Gasteiger partial charge in [-0.15, -0.1) is 0 Å². The highest BCUT2D eigenvalue weighted by Gasteiger charge is 2.12. The van der Waals surface area contributed by atoms with Crippen LogP contribution >= 0.6 is 0 Å². The third kappa shape index (κ3) is 5.52. The molecule has 0 saturated heterocycles. The summed E-state index contributed by atoms with van der Waals surface area (Å²) in [5.41, 5.74) is 2.09. The minimum Gasteiger partial charge on any atom is -0.550 e. The van der Waals surface area contributed by atoms with Crippen LogP contribution < -0.4 is 14.6 Å². The molecule has 0 saturated carbocycles. The van der Waals surface area contributed by atoms with Gasteiger partial charge in [0.1, 0.15) is 24.7 Å². The minimum atomic E-state index is -1.08. The molecule has 0 radical (unpaired) electrons. The van der Waals surface area contributed by atoms with Crippen molar-refractivity contribution < 1.29 is 19.4 Å². The Kier molecular flexibility index (Phi) is 6.07. The number of carboxylic acid groups (broad SMARTS) is 1. The highest BCUT2D eigenvalue weighted by Crippen LogP contribution is 2.24. The molecule has 0 heterocycles. The van der Waals surface area contributed by atoms with Gasteiger partial charge in [0.25, 0.3) is 0 Å². The maximum atomic E-state index is 10.8. The second-order valence-electron chi connectivity index (χ2n) is 7.08. The van der Waals surface area contributed by atoms with Crippen molar-refractivity contribution in [1.82, 2.24) is 0 Å². The van der Waals surface area contributed by atoms with E-state index in [9.17, 15) is 9.90 Å². The van der Waals surface area contributed by atoms with Crippen molar-refractivity contribution in [1.29, 1.82) is 0 Å². The standard InChI is InChI=1S/C21H26O4/c1-15(20(22)23)16-5-9-18(10-6-16)24-13-14-25-19-11-7-17(8-12-19)21(2,3)4/h5-12,15H,13-14H2,1-4H3,(H,22,23)/p-1. The van der Waals surface area contributed by atoms with Crippen LogP contribution in [0.15, 0.2) is 48.5 Å². The zero-order valence-corrected chi connectivity index (χ0v) is 15.2. The molecule has 25 heavy (non-hydrogen) atoms. The summed E-state index contributed by atoms with van der Waals surface area (Å²) in [6.45, 7) is 8.98. The topological polar surface area (TPSA) is 58.6 Å². The van der Waals surface area contributed by atoms with Gasteiger partial charge in [-0.1, -0.05) is 52.0 Å². The van der Waals surface area contributed by atoms with E-state index in [0.29, 0.717) is 24.5 Å². The molecule has 0 aliphatic carbocycles. The molecule has 2 rings (SSSR count). The number of aliphatic carboxylic acids is 1. The van der Waals surface area contributed by atoms with Crippen LogP contribution in [0.2, 0.25) is 0 Å². The molecule has 0 aromatic heterocycles. The first-order valence-electron chi connectivity index (χ1n) is 8.44. The van der Waals surface area contributed by atoms with Gasteiger partial charge in [-0.2, -0.15) is 0 Å². The molecule has 1 unspecified atom stereocenters. The largest absolute Gasteiger partial charge is 0.550 e. The Balaban J connectivity index is 1.78. The van der Waals surface area contributed by atoms with Crippen LogP contribution in [-0.4, -0.2) is 19.2 Å². The number of carboxylic acids is 1. The Labute approximate surface area is 149 Å². The highest BCUT2D eigenvalue weighted by atomic mass is 16.5. The zero-order valence-electron chi connectivity index (χ0n) is 15.2. The molecule has 0 fully saturated rings. The van der Waals surface area contributed by atoms with Gasteiger partial charge in [-0.25, -0.2) is 0 Å². The van der Waals surface area contributed by atoms with Crippen LogP contribution in [0.4, 0.5) is 0 Å². The summed E-state index contributed by atoms with van der Waals surface area (Å²) in [4.78, 5) is 10.8. The predicted octanol–water partition coefficient (Wildman–Crippen LogP) is 3.30. The number of carbonyl (C=O) groups is 1. The molecule has 2 aromatic rings. The van der Waals surface area contributed by atoms with E-state index in [4.69, 9.17) is 9.47 Å². The number of benzene rings is 2. The Hall–Kier alpha value is -2.49. The lowest BCUT2D eigenvalue weighted by molar-refractivity contribution is -0.307. The molecule has 0 N–H and O–H groups in total. The Morgan fingerprint density at radius 2 is 1.36 bits per heavy atom. The predicted molar refractivity (Wildman–Crippen MR) is 96.0 cm³/mol. The van der Waals surface area contributed by atoms with E-state index >= 15 is 0 Å². The quantitative estimate of drug-likeness (QED) is 0.725. The third-order valence-corrected chi connectivity index (χ3v) is 4.07. The summed E-state index contributed by atoms with van der Waals surface area (Å²) in [6, 6.07) is 15.1. The van der Waals surface area contributed by atoms with E-state index in [1.165, 1.54) is 5.56 Å². The fourth-order valence-electron chi connectivity index (χ4n) is 2.36. The Bertz CT molecular complexity index is 681. The van der Waals surface area contributed by atoms with E-state index in [1.54, 1.807) is 31.2 Å². The van der Waals surface area contributed by atoms with Crippen LogP contribution in [0, 0.1) is 0 Å². The summed E-state index contributed by atoms with van der Waals surface area (Å²) < 4.78 is 11.3. The molecule has 0 aliphatic rings. The number of hydrogen-bond donors (Lipinski definition) is 0. The van der Waals surface area contributed by atoms with Crippen LogP contribution in [0.1, 0.15) is 44.7 Å². The lowest BCUT2D eigenvalue weighted by atomic mass is 9.87. The fraction of sp³-hybridized carbons (Fsp3) is 0.381. The van der Waals surface area contributed by atoms with E-state index in [1.807, 2.05) is 12.1 Å².